The van der Waals surface area contributed by atoms with Crippen LogP contribution in [0.3, 0.4) is 0 Å². The van der Waals surface area contributed by atoms with Gasteiger partial charge in [0.25, 0.3) is 0 Å². The fourth-order valence-electron chi connectivity index (χ4n) is 3.88. The van der Waals surface area contributed by atoms with Gasteiger partial charge in [0.2, 0.25) is 5.91 Å². The molecule has 3 aromatic carbocycles. The third-order valence-corrected chi connectivity index (χ3v) is 5.82. The van der Waals surface area contributed by atoms with Gasteiger partial charge in [-0.2, -0.15) is 0 Å². The maximum atomic E-state index is 12.6. The number of amides is 1. The number of para-hydroxylation sites is 1. The summed E-state index contributed by atoms with van der Waals surface area (Å²) in [5, 5.41) is 0. The third kappa shape index (κ3) is 3.99. The minimum atomic E-state index is -0.460. The van der Waals surface area contributed by atoms with Crippen LogP contribution in [0, 0.1) is 5.92 Å². The van der Waals surface area contributed by atoms with Gasteiger partial charge in [0, 0.05) is 24.1 Å². The Hall–Kier alpha value is -3.40. The van der Waals surface area contributed by atoms with Gasteiger partial charge in [0.05, 0.1) is 5.92 Å². The molecule has 1 aliphatic heterocycles. The number of esters is 1. The Balaban J connectivity index is 1.43. The summed E-state index contributed by atoms with van der Waals surface area (Å²) < 4.78 is 5.59. The molecule has 0 unspecified atom stereocenters. The van der Waals surface area contributed by atoms with Crippen molar-refractivity contribution in [3.63, 3.8) is 0 Å². The van der Waals surface area contributed by atoms with E-state index in [1.165, 1.54) is 5.56 Å². The molecule has 1 heterocycles. The van der Waals surface area contributed by atoms with Gasteiger partial charge in [0.1, 0.15) is 5.75 Å². The molecule has 1 amide bonds. The second-order valence-electron chi connectivity index (χ2n) is 8.18. The average Bonchev–Trinajstić information content (AvgIpc) is 3.17. The Kier molecular flexibility index (Phi) is 5.40. The molecule has 4 heteroatoms. The predicted octanol–water partition coefficient (Wildman–Crippen LogP) is 4.97. The van der Waals surface area contributed by atoms with E-state index in [2.05, 4.69) is 26.0 Å². The fraction of sp³-hybridized carbons (Fsp3) is 0.231. The van der Waals surface area contributed by atoms with E-state index in [4.69, 9.17) is 4.74 Å². The zero-order valence-electron chi connectivity index (χ0n) is 17.2. The van der Waals surface area contributed by atoms with Crippen LogP contribution in [0.5, 0.6) is 5.75 Å². The lowest BCUT2D eigenvalue weighted by Gasteiger charge is -2.26. The summed E-state index contributed by atoms with van der Waals surface area (Å²) in [7, 11) is 0. The lowest BCUT2D eigenvalue weighted by Crippen LogP contribution is -2.27. The number of carbonyl (C=O) groups excluding carboxylic acids is 2. The average molecular weight is 399 g/mol. The highest BCUT2D eigenvalue weighted by Crippen LogP contribution is 2.32. The molecule has 0 aromatic heterocycles. The van der Waals surface area contributed by atoms with Gasteiger partial charge in [-0.05, 0) is 35.4 Å². The van der Waals surface area contributed by atoms with E-state index in [1.807, 2.05) is 72.8 Å². The molecule has 0 bridgehead atoms. The quantitative estimate of drug-likeness (QED) is 0.449. The molecule has 152 valence electrons. The Morgan fingerprint density at radius 1 is 0.867 bits per heavy atom. The summed E-state index contributed by atoms with van der Waals surface area (Å²) in [4.78, 5) is 26.6. The van der Waals surface area contributed by atoms with E-state index in [0.29, 0.717) is 12.3 Å². The molecule has 4 nitrogen and oxygen atoms in total. The first-order valence-corrected chi connectivity index (χ1v) is 10.2. The van der Waals surface area contributed by atoms with Gasteiger partial charge < -0.3 is 9.64 Å². The first-order valence-electron chi connectivity index (χ1n) is 10.2. The number of anilines is 1. The predicted molar refractivity (Wildman–Crippen MR) is 118 cm³/mol. The molecule has 1 atom stereocenters. The second kappa shape index (κ2) is 8.15. The highest BCUT2D eigenvalue weighted by molar-refractivity contribution is 5.99. The number of benzene rings is 3. The van der Waals surface area contributed by atoms with Crippen molar-refractivity contribution in [1.82, 2.24) is 0 Å². The largest absolute Gasteiger partial charge is 0.426 e. The van der Waals surface area contributed by atoms with Crippen molar-refractivity contribution in [1.29, 1.82) is 0 Å². The van der Waals surface area contributed by atoms with Crippen LogP contribution >= 0.6 is 0 Å². The van der Waals surface area contributed by atoms with Crippen LogP contribution in [0.15, 0.2) is 84.9 Å². The molecule has 0 saturated carbocycles. The summed E-state index contributed by atoms with van der Waals surface area (Å²) in [6.45, 7) is 4.69. The summed E-state index contributed by atoms with van der Waals surface area (Å²) in [6, 6.07) is 27.4. The first kappa shape index (κ1) is 19.9. The number of hydrogen-bond acceptors (Lipinski definition) is 3. The summed E-state index contributed by atoms with van der Waals surface area (Å²) in [5.41, 5.74) is 3.02. The van der Waals surface area contributed by atoms with E-state index in [0.717, 1.165) is 11.3 Å². The van der Waals surface area contributed by atoms with E-state index >= 15 is 0 Å². The summed E-state index contributed by atoms with van der Waals surface area (Å²) in [6.07, 6.45) is 0.173. The molecule has 0 aliphatic carbocycles. The van der Waals surface area contributed by atoms with Crippen LogP contribution in [-0.4, -0.2) is 18.4 Å². The smallest absolute Gasteiger partial charge is 0.316 e. The molecule has 4 rings (SSSR count). The Morgan fingerprint density at radius 3 is 2.07 bits per heavy atom. The number of rotatable bonds is 5. The second-order valence-corrected chi connectivity index (χ2v) is 8.18. The van der Waals surface area contributed by atoms with Gasteiger partial charge in [-0.25, -0.2) is 0 Å². The van der Waals surface area contributed by atoms with Crippen molar-refractivity contribution in [3.05, 3.63) is 96.1 Å². The zero-order valence-corrected chi connectivity index (χ0v) is 17.2. The summed E-state index contributed by atoms with van der Waals surface area (Å²) in [5.74, 6) is -0.378. The standard InChI is InChI=1S/C26H25NO3/c1-26(2,20-9-5-3-6-10-20)21-13-15-23(16-14-21)30-25(29)19-17-24(28)27(18-19)22-11-7-4-8-12-22/h3-16,19H,17-18H2,1-2H3/t19-/m0/s1. The van der Waals surface area contributed by atoms with Crippen LogP contribution in [0.2, 0.25) is 0 Å². The highest BCUT2D eigenvalue weighted by atomic mass is 16.5. The normalized spacial score (nSPS) is 16.5. The zero-order chi connectivity index (χ0) is 21.1. The summed E-state index contributed by atoms with van der Waals surface area (Å²) >= 11 is 0. The van der Waals surface area contributed by atoms with E-state index in [-0.39, 0.29) is 23.7 Å². The third-order valence-electron chi connectivity index (χ3n) is 5.82. The van der Waals surface area contributed by atoms with Crippen molar-refractivity contribution in [2.45, 2.75) is 25.7 Å². The molecular formula is C26H25NO3. The van der Waals surface area contributed by atoms with E-state index in [9.17, 15) is 9.59 Å². The SMILES string of the molecule is CC(C)(c1ccccc1)c1ccc(OC(=O)[C@H]2CC(=O)N(c3ccccc3)C2)cc1. The van der Waals surface area contributed by atoms with Crippen LogP contribution in [0.4, 0.5) is 5.69 Å². The number of nitrogens with zero attached hydrogens (tertiary/aromatic N) is 1. The molecule has 0 spiro atoms. The maximum absolute atomic E-state index is 12.6. The molecule has 1 saturated heterocycles. The minimum Gasteiger partial charge on any atom is -0.426 e. The van der Waals surface area contributed by atoms with Gasteiger partial charge in [-0.1, -0.05) is 74.5 Å². The molecule has 3 aromatic rings. The van der Waals surface area contributed by atoms with Crippen LogP contribution in [-0.2, 0) is 15.0 Å². The molecule has 1 fully saturated rings. The van der Waals surface area contributed by atoms with E-state index < -0.39 is 5.92 Å². The number of hydrogen-bond donors (Lipinski definition) is 0. The van der Waals surface area contributed by atoms with Crippen molar-refractivity contribution in [2.24, 2.45) is 5.92 Å². The number of ether oxygens (including phenoxy) is 1. The van der Waals surface area contributed by atoms with Gasteiger partial charge in [-0.3, -0.25) is 9.59 Å². The molecule has 30 heavy (non-hydrogen) atoms. The van der Waals surface area contributed by atoms with Crippen molar-refractivity contribution in [3.8, 4) is 5.75 Å². The maximum Gasteiger partial charge on any atom is 0.316 e. The monoisotopic (exact) mass is 399 g/mol. The Morgan fingerprint density at radius 2 is 1.43 bits per heavy atom. The molecule has 0 N–H and O–H groups in total. The molecular weight excluding hydrogens is 374 g/mol. The molecule has 0 radical (unpaired) electrons. The lowest BCUT2D eigenvalue weighted by atomic mass is 9.78. The lowest BCUT2D eigenvalue weighted by molar-refractivity contribution is -0.139. The van der Waals surface area contributed by atoms with Crippen molar-refractivity contribution < 1.29 is 14.3 Å². The fourth-order valence-corrected chi connectivity index (χ4v) is 3.88. The topological polar surface area (TPSA) is 46.6 Å². The van der Waals surface area contributed by atoms with Gasteiger partial charge in [0.15, 0.2) is 0 Å². The Labute approximate surface area is 177 Å². The minimum absolute atomic E-state index is 0.0527. The van der Waals surface area contributed by atoms with Gasteiger partial charge >= 0.3 is 5.97 Å². The van der Waals surface area contributed by atoms with Crippen LogP contribution in [0.25, 0.3) is 0 Å². The first-order chi connectivity index (χ1) is 14.4. The van der Waals surface area contributed by atoms with E-state index in [1.54, 1.807) is 4.90 Å². The van der Waals surface area contributed by atoms with Gasteiger partial charge in [-0.15, -0.1) is 0 Å². The number of carbonyl (C=O) groups is 2. The Bertz CT molecular complexity index is 1030. The highest BCUT2D eigenvalue weighted by Gasteiger charge is 2.36. The van der Waals surface area contributed by atoms with Crippen LogP contribution in [0.1, 0.15) is 31.4 Å². The molecule has 1 aliphatic rings. The van der Waals surface area contributed by atoms with Crippen molar-refractivity contribution in [2.75, 3.05) is 11.4 Å². The van der Waals surface area contributed by atoms with Crippen molar-refractivity contribution >= 4 is 17.6 Å². The van der Waals surface area contributed by atoms with Crippen LogP contribution < -0.4 is 9.64 Å².